The molecule has 1 heteroatoms. The number of nitrogens with zero attached hydrogens (tertiary/aromatic N) is 1. The van der Waals surface area contributed by atoms with Crippen LogP contribution < -0.4 is 4.90 Å². The summed E-state index contributed by atoms with van der Waals surface area (Å²) in [5.74, 6) is 0. The molecule has 0 saturated heterocycles. The van der Waals surface area contributed by atoms with E-state index >= 15 is 0 Å². The first-order valence-electron chi connectivity index (χ1n) is 21.5. The summed E-state index contributed by atoms with van der Waals surface area (Å²) < 4.78 is 0. The maximum Gasteiger partial charge on any atom is 0.0714 e. The summed E-state index contributed by atoms with van der Waals surface area (Å²) in [4.78, 5) is 2.54. The standard InChI is InChI=1S/C60H47N/c1-40-36-45(44-30-28-43(29-31-44)42-18-8-5-9-19-42)37-41(2)58(40)61(48-32-34-52-50-24-14-16-26-54(50)59(3,4)56(52)38-48)49-33-35-53-51-25-15-17-27-55(51)60(57(53)39-49,46-20-10-6-11-21-46)47-22-12-7-13-23-47/h5-39H,1-4H3. The summed E-state index contributed by atoms with van der Waals surface area (Å²) in [6.07, 6.45) is 0. The van der Waals surface area contributed by atoms with E-state index in [9.17, 15) is 0 Å². The van der Waals surface area contributed by atoms with Gasteiger partial charge in [0, 0.05) is 16.8 Å². The number of hydrogen-bond donors (Lipinski definition) is 0. The van der Waals surface area contributed by atoms with Crippen LogP contribution in [0.25, 0.3) is 44.5 Å². The fourth-order valence-corrected chi connectivity index (χ4v) is 10.8. The van der Waals surface area contributed by atoms with Crippen LogP contribution in [0.15, 0.2) is 212 Å². The third-order valence-electron chi connectivity index (χ3n) is 13.6. The molecule has 0 amide bonds. The summed E-state index contributed by atoms with van der Waals surface area (Å²) in [5.41, 5.74) is 23.3. The molecule has 11 rings (SSSR count). The molecule has 9 aromatic carbocycles. The first kappa shape index (κ1) is 36.8. The van der Waals surface area contributed by atoms with Crippen LogP contribution in [-0.2, 0) is 10.8 Å². The molecule has 0 aliphatic heterocycles. The molecule has 0 radical (unpaired) electrons. The molecule has 0 fully saturated rings. The Bertz CT molecular complexity index is 3040. The zero-order valence-corrected chi connectivity index (χ0v) is 35.2. The predicted octanol–water partition coefficient (Wildman–Crippen LogP) is 15.8. The first-order chi connectivity index (χ1) is 29.8. The molecule has 0 aromatic heterocycles. The van der Waals surface area contributed by atoms with Crippen molar-refractivity contribution < 1.29 is 0 Å². The molecular formula is C60H47N. The van der Waals surface area contributed by atoms with Crippen LogP contribution in [0, 0.1) is 13.8 Å². The lowest BCUT2D eigenvalue weighted by atomic mass is 9.67. The molecular weight excluding hydrogens is 735 g/mol. The average molecular weight is 782 g/mol. The summed E-state index contributed by atoms with van der Waals surface area (Å²) in [7, 11) is 0. The van der Waals surface area contributed by atoms with E-state index in [0.717, 1.165) is 11.4 Å². The second-order valence-corrected chi connectivity index (χ2v) is 17.4. The van der Waals surface area contributed by atoms with E-state index in [1.54, 1.807) is 0 Å². The second-order valence-electron chi connectivity index (χ2n) is 17.4. The predicted molar refractivity (Wildman–Crippen MR) is 256 cm³/mol. The number of anilines is 3. The molecule has 2 aliphatic carbocycles. The minimum absolute atomic E-state index is 0.136. The Morgan fingerprint density at radius 3 is 1.31 bits per heavy atom. The molecule has 0 bridgehead atoms. The van der Waals surface area contributed by atoms with Gasteiger partial charge in [0.1, 0.15) is 0 Å². The summed E-state index contributed by atoms with van der Waals surface area (Å²) >= 11 is 0. The molecule has 0 N–H and O–H groups in total. The highest BCUT2D eigenvalue weighted by Gasteiger charge is 2.46. The molecule has 0 atom stereocenters. The van der Waals surface area contributed by atoms with Crippen LogP contribution in [-0.4, -0.2) is 0 Å². The molecule has 0 spiro atoms. The van der Waals surface area contributed by atoms with E-state index < -0.39 is 5.41 Å². The molecule has 0 saturated carbocycles. The van der Waals surface area contributed by atoms with Gasteiger partial charge in [-0.25, -0.2) is 0 Å². The van der Waals surface area contributed by atoms with Gasteiger partial charge in [-0.1, -0.05) is 190 Å². The van der Waals surface area contributed by atoms with Crippen LogP contribution >= 0.6 is 0 Å². The van der Waals surface area contributed by atoms with Gasteiger partial charge in [-0.05, 0) is 139 Å². The quantitative estimate of drug-likeness (QED) is 0.156. The molecule has 0 heterocycles. The van der Waals surface area contributed by atoms with Crippen LogP contribution in [0.3, 0.4) is 0 Å². The van der Waals surface area contributed by atoms with Crippen molar-refractivity contribution in [1.29, 1.82) is 0 Å². The van der Waals surface area contributed by atoms with Gasteiger partial charge in [0.15, 0.2) is 0 Å². The Balaban J connectivity index is 1.13. The number of aryl methyl sites for hydroxylation is 2. The van der Waals surface area contributed by atoms with Gasteiger partial charge in [0.2, 0.25) is 0 Å². The number of rotatable bonds is 7. The van der Waals surface area contributed by atoms with Crippen molar-refractivity contribution in [2.24, 2.45) is 0 Å². The lowest BCUT2D eigenvalue weighted by Crippen LogP contribution is -2.28. The average Bonchev–Trinajstić information content (AvgIpc) is 3.73. The Hall–Kier alpha value is -7.22. The van der Waals surface area contributed by atoms with Crippen molar-refractivity contribution in [1.82, 2.24) is 0 Å². The van der Waals surface area contributed by atoms with Gasteiger partial charge >= 0.3 is 0 Å². The zero-order valence-electron chi connectivity index (χ0n) is 35.2. The van der Waals surface area contributed by atoms with E-state index in [4.69, 9.17) is 0 Å². The lowest BCUT2D eigenvalue weighted by molar-refractivity contribution is 0.660. The van der Waals surface area contributed by atoms with E-state index in [1.165, 1.54) is 94.7 Å². The Morgan fingerprint density at radius 1 is 0.328 bits per heavy atom. The highest BCUT2D eigenvalue weighted by molar-refractivity contribution is 5.92. The monoisotopic (exact) mass is 781 g/mol. The smallest absolute Gasteiger partial charge is 0.0714 e. The summed E-state index contributed by atoms with van der Waals surface area (Å²) in [6, 6.07) is 79.0. The molecule has 61 heavy (non-hydrogen) atoms. The molecule has 9 aromatic rings. The van der Waals surface area contributed by atoms with Crippen molar-refractivity contribution in [3.05, 3.63) is 257 Å². The Kier molecular flexibility index (Phi) is 8.58. The fourth-order valence-electron chi connectivity index (χ4n) is 10.8. The largest absolute Gasteiger partial charge is 0.310 e. The molecule has 292 valence electrons. The van der Waals surface area contributed by atoms with Crippen molar-refractivity contribution in [3.8, 4) is 44.5 Å². The summed E-state index contributed by atoms with van der Waals surface area (Å²) in [5, 5.41) is 0. The number of hydrogen-bond acceptors (Lipinski definition) is 1. The normalized spacial score (nSPS) is 13.8. The van der Waals surface area contributed by atoms with Gasteiger partial charge in [0.05, 0.1) is 11.1 Å². The minimum atomic E-state index is -0.502. The third kappa shape index (κ3) is 5.68. The fraction of sp³-hybridized carbons (Fsp3) is 0.100. The zero-order chi connectivity index (χ0) is 41.3. The van der Waals surface area contributed by atoms with Gasteiger partial charge < -0.3 is 4.90 Å². The van der Waals surface area contributed by atoms with E-state index in [2.05, 4.69) is 245 Å². The van der Waals surface area contributed by atoms with E-state index in [1.807, 2.05) is 0 Å². The van der Waals surface area contributed by atoms with Gasteiger partial charge in [-0.3, -0.25) is 0 Å². The third-order valence-corrected chi connectivity index (χ3v) is 13.6. The maximum atomic E-state index is 2.54. The maximum absolute atomic E-state index is 2.54. The second kappa shape index (κ2) is 14.2. The highest BCUT2D eigenvalue weighted by Crippen LogP contribution is 2.58. The van der Waals surface area contributed by atoms with Crippen LogP contribution in [0.2, 0.25) is 0 Å². The van der Waals surface area contributed by atoms with E-state index in [0.29, 0.717) is 0 Å². The topological polar surface area (TPSA) is 3.24 Å². The molecule has 0 unspecified atom stereocenters. The Morgan fingerprint density at radius 2 is 0.738 bits per heavy atom. The van der Waals surface area contributed by atoms with Crippen LogP contribution in [0.5, 0.6) is 0 Å². The van der Waals surface area contributed by atoms with Crippen molar-refractivity contribution in [2.45, 2.75) is 38.5 Å². The summed E-state index contributed by atoms with van der Waals surface area (Å²) in [6.45, 7) is 9.32. The number of fused-ring (bicyclic) bond motifs is 6. The SMILES string of the molecule is Cc1cc(-c2ccc(-c3ccccc3)cc2)cc(C)c1N(c1ccc2c(c1)C(C)(C)c1ccccc1-2)c1ccc2c(c1)C(c1ccccc1)(c1ccccc1)c1ccccc1-2. The first-order valence-corrected chi connectivity index (χ1v) is 21.5. The Labute approximate surface area is 360 Å². The van der Waals surface area contributed by atoms with Gasteiger partial charge in [0.25, 0.3) is 0 Å². The van der Waals surface area contributed by atoms with Crippen molar-refractivity contribution in [3.63, 3.8) is 0 Å². The number of benzene rings is 9. The van der Waals surface area contributed by atoms with Crippen LogP contribution in [0.1, 0.15) is 58.4 Å². The van der Waals surface area contributed by atoms with E-state index in [-0.39, 0.29) is 5.41 Å². The van der Waals surface area contributed by atoms with Crippen LogP contribution in [0.4, 0.5) is 17.1 Å². The van der Waals surface area contributed by atoms with Gasteiger partial charge in [-0.15, -0.1) is 0 Å². The van der Waals surface area contributed by atoms with Crippen molar-refractivity contribution >= 4 is 17.1 Å². The highest BCUT2D eigenvalue weighted by atomic mass is 15.1. The van der Waals surface area contributed by atoms with Crippen molar-refractivity contribution in [2.75, 3.05) is 4.90 Å². The minimum Gasteiger partial charge on any atom is -0.310 e. The molecule has 2 aliphatic rings. The lowest BCUT2D eigenvalue weighted by Gasteiger charge is -2.35. The molecule has 1 nitrogen and oxygen atoms in total. The van der Waals surface area contributed by atoms with Gasteiger partial charge in [-0.2, -0.15) is 0 Å².